The summed E-state index contributed by atoms with van der Waals surface area (Å²) in [6.45, 7) is 1.51. The van der Waals surface area contributed by atoms with Gasteiger partial charge < -0.3 is 14.5 Å². The molecule has 1 N–H and O–H groups in total. The summed E-state index contributed by atoms with van der Waals surface area (Å²) in [6.07, 6.45) is 0.440. The van der Waals surface area contributed by atoms with Gasteiger partial charge in [0, 0.05) is 5.69 Å². The molecule has 5 nitrogen and oxygen atoms in total. The van der Waals surface area contributed by atoms with Gasteiger partial charge in [-0.25, -0.2) is 4.79 Å². The van der Waals surface area contributed by atoms with Crippen molar-refractivity contribution in [2.24, 2.45) is 0 Å². The molecule has 3 rings (SSSR count). The second-order valence-corrected chi connectivity index (χ2v) is 5.08. The minimum Gasteiger partial charge on any atom is -0.457 e. The number of carbonyl (C=O) groups is 2. The van der Waals surface area contributed by atoms with Crippen molar-refractivity contribution in [3.8, 4) is 0 Å². The van der Waals surface area contributed by atoms with Gasteiger partial charge in [-0.15, -0.1) is 0 Å². The van der Waals surface area contributed by atoms with Gasteiger partial charge in [-0.3, -0.25) is 4.79 Å². The third-order valence-electron chi connectivity index (χ3n) is 3.39. The summed E-state index contributed by atoms with van der Waals surface area (Å²) < 4.78 is 10.0. The van der Waals surface area contributed by atoms with Crippen LogP contribution in [0.3, 0.4) is 0 Å². The number of amides is 1. The van der Waals surface area contributed by atoms with E-state index in [1.165, 1.54) is 19.3 Å². The first kappa shape index (κ1) is 14.8. The van der Waals surface area contributed by atoms with E-state index in [0.717, 1.165) is 10.8 Å². The van der Waals surface area contributed by atoms with E-state index in [9.17, 15) is 9.59 Å². The molecular weight excluding hydrogens is 294 g/mol. The SMILES string of the molecule is C[C@H](OC(=O)c1ccco1)C(=O)Nc1ccc2ccccc2c1. The minimum absolute atomic E-state index is 0.0651. The lowest BCUT2D eigenvalue weighted by Gasteiger charge is -2.13. The van der Waals surface area contributed by atoms with Gasteiger partial charge in [0.25, 0.3) is 5.91 Å². The highest BCUT2D eigenvalue weighted by Crippen LogP contribution is 2.19. The lowest BCUT2D eigenvalue weighted by atomic mass is 10.1. The lowest BCUT2D eigenvalue weighted by Crippen LogP contribution is -2.29. The molecule has 0 unspecified atom stereocenters. The number of nitrogens with one attached hydrogen (secondary N) is 1. The molecule has 1 heterocycles. The van der Waals surface area contributed by atoms with E-state index in [4.69, 9.17) is 9.15 Å². The molecule has 0 bridgehead atoms. The Labute approximate surface area is 132 Å². The van der Waals surface area contributed by atoms with Crippen LogP contribution in [-0.2, 0) is 9.53 Å². The molecular formula is C18H15NO4. The minimum atomic E-state index is -0.931. The molecule has 3 aromatic rings. The van der Waals surface area contributed by atoms with Gasteiger partial charge in [-0.2, -0.15) is 0 Å². The zero-order valence-corrected chi connectivity index (χ0v) is 12.5. The summed E-state index contributed by atoms with van der Waals surface area (Å²) in [6, 6.07) is 16.5. The predicted octanol–water partition coefficient (Wildman–Crippen LogP) is 3.62. The van der Waals surface area contributed by atoms with E-state index in [1.54, 1.807) is 12.1 Å². The predicted molar refractivity (Wildman–Crippen MR) is 86.2 cm³/mol. The van der Waals surface area contributed by atoms with Crippen molar-refractivity contribution in [1.82, 2.24) is 0 Å². The van der Waals surface area contributed by atoms with Gasteiger partial charge in [-0.05, 0) is 42.0 Å². The van der Waals surface area contributed by atoms with Crippen molar-refractivity contribution in [3.05, 3.63) is 66.6 Å². The number of hydrogen-bond acceptors (Lipinski definition) is 4. The van der Waals surface area contributed by atoms with Crippen molar-refractivity contribution >= 4 is 28.3 Å². The maximum absolute atomic E-state index is 12.1. The number of anilines is 1. The summed E-state index contributed by atoms with van der Waals surface area (Å²) in [5, 5.41) is 4.84. The third kappa shape index (κ3) is 3.40. The molecule has 1 aromatic heterocycles. The molecule has 0 radical (unpaired) electrons. The summed E-state index contributed by atoms with van der Waals surface area (Å²) in [4.78, 5) is 23.9. The Morgan fingerprint density at radius 3 is 2.57 bits per heavy atom. The fraction of sp³-hybridized carbons (Fsp3) is 0.111. The first-order valence-corrected chi connectivity index (χ1v) is 7.17. The topological polar surface area (TPSA) is 68.5 Å². The quantitative estimate of drug-likeness (QED) is 0.747. The molecule has 0 aliphatic heterocycles. The molecule has 23 heavy (non-hydrogen) atoms. The van der Waals surface area contributed by atoms with E-state index in [2.05, 4.69) is 5.32 Å². The first-order chi connectivity index (χ1) is 11.1. The van der Waals surface area contributed by atoms with Crippen molar-refractivity contribution in [1.29, 1.82) is 0 Å². The molecule has 0 aliphatic carbocycles. The van der Waals surface area contributed by atoms with Gasteiger partial charge in [-0.1, -0.05) is 30.3 Å². The summed E-state index contributed by atoms with van der Waals surface area (Å²) in [5.41, 5.74) is 0.648. The maximum atomic E-state index is 12.1. The van der Waals surface area contributed by atoms with Gasteiger partial charge >= 0.3 is 5.97 Å². The number of hydrogen-bond donors (Lipinski definition) is 1. The molecule has 1 amide bonds. The zero-order chi connectivity index (χ0) is 16.2. The number of carbonyl (C=O) groups excluding carboxylic acids is 2. The normalized spacial score (nSPS) is 11.9. The van der Waals surface area contributed by atoms with Crippen LogP contribution < -0.4 is 5.32 Å². The van der Waals surface area contributed by atoms with Gasteiger partial charge in [0.15, 0.2) is 6.10 Å². The smallest absolute Gasteiger partial charge is 0.374 e. The van der Waals surface area contributed by atoms with Crippen LogP contribution >= 0.6 is 0 Å². The van der Waals surface area contributed by atoms with Crippen molar-refractivity contribution in [2.75, 3.05) is 5.32 Å². The van der Waals surface area contributed by atoms with Crippen LogP contribution in [0.15, 0.2) is 65.3 Å². The van der Waals surface area contributed by atoms with E-state index in [1.807, 2.05) is 36.4 Å². The van der Waals surface area contributed by atoms with Gasteiger partial charge in [0.05, 0.1) is 6.26 Å². The number of furan rings is 1. The second kappa shape index (κ2) is 6.36. The molecule has 0 spiro atoms. The van der Waals surface area contributed by atoms with E-state index in [-0.39, 0.29) is 5.76 Å². The monoisotopic (exact) mass is 309 g/mol. The molecule has 0 aliphatic rings. The van der Waals surface area contributed by atoms with Crippen LogP contribution in [-0.4, -0.2) is 18.0 Å². The molecule has 5 heteroatoms. The number of esters is 1. The van der Waals surface area contributed by atoms with Crippen LogP contribution in [0.4, 0.5) is 5.69 Å². The maximum Gasteiger partial charge on any atom is 0.374 e. The van der Waals surface area contributed by atoms with Gasteiger partial charge in [0.2, 0.25) is 5.76 Å². The second-order valence-electron chi connectivity index (χ2n) is 5.08. The Hall–Kier alpha value is -3.08. The highest BCUT2D eigenvalue weighted by molar-refractivity contribution is 5.98. The van der Waals surface area contributed by atoms with E-state index in [0.29, 0.717) is 5.69 Å². The molecule has 2 aromatic carbocycles. The lowest BCUT2D eigenvalue weighted by molar-refractivity contribution is -0.123. The number of ether oxygens (including phenoxy) is 1. The van der Waals surface area contributed by atoms with Crippen molar-refractivity contribution in [2.45, 2.75) is 13.0 Å². The molecule has 116 valence electrons. The van der Waals surface area contributed by atoms with Crippen LogP contribution in [0.2, 0.25) is 0 Å². The molecule has 0 saturated heterocycles. The van der Waals surface area contributed by atoms with E-state index < -0.39 is 18.0 Å². The van der Waals surface area contributed by atoms with Gasteiger partial charge in [0.1, 0.15) is 0 Å². The summed E-state index contributed by atoms with van der Waals surface area (Å²) in [5.74, 6) is -1.01. The third-order valence-corrected chi connectivity index (χ3v) is 3.39. The average Bonchev–Trinajstić information content (AvgIpc) is 3.09. The number of rotatable bonds is 4. The summed E-state index contributed by atoms with van der Waals surface area (Å²) >= 11 is 0. The van der Waals surface area contributed by atoms with Crippen LogP contribution in [0.1, 0.15) is 17.5 Å². The molecule has 0 fully saturated rings. The van der Waals surface area contributed by atoms with Crippen molar-refractivity contribution in [3.63, 3.8) is 0 Å². The Balaban J connectivity index is 1.66. The summed E-state index contributed by atoms with van der Waals surface area (Å²) in [7, 11) is 0. The van der Waals surface area contributed by atoms with Crippen LogP contribution in [0, 0.1) is 0 Å². The van der Waals surface area contributed by atoms with Crippen molar-refractivity contribution < 1.29 is 18.7 Å². The number of benzene rings is 2. The molecule has 0 saturated carbocycles. The Bertz CT molecular complexity index is 839. The standard InChI is InChI=1S/C18H15NO4/c1-12(23-18(21)16-7-4-10-22-16)17(20)19-15-9-8-13-5-2-3-6-14(13)11-15/h2-12H,1H3,(H,19,20)/t12-/m0/s1. The first-order valence-electron chi connectivity index (χ1n) is 7.17. The number of fused-ring (bicyclic) bond motifs is 1. The zero-order valence-electron chi connectivity index (χ0n) is 12.5. The van der Waals surface area contributed by atoms with Crippen LogP contribution in [0.5, 0.6) is 0 Å². The highest BCUT2D eigenvalue weighted by atomic mass is 16.6. The van der Waals surface area contributed by atoms with Crippen LogP contribution in [0.25, 0.3) is 10.8 Å². The Morgan fingerprint density at radius 2 is 1.83 bits per heavy atom. The average molecular weight is 309 g/mol. The van der Waals surface area contributed by atoms with E-state index >= 15 is 0 Å². The Kier molecular flexibility index (Phi) is 4.10. The highest BCUT2D eigenvalue weighted by Gasteiger charge is 2.20. The Morgan fingerprint density at radius 1 is 1.04 bits per heavy atom. The largest absolute Gasteiger partial charge is 0.457 e. The molecule has 1 atom stereocenters. The fourth-order valence-electron chi connectivity index (χ4n) is 2.18. The fourth-order valence-corrected chi connectivity index (χ4v) is 2.18.